The molecule has 0 aromatic rings. The third-order valence-electron chi connectivity index (χ3n) is 2.27. The Balaban J connectivity index is 3.01. The molecule has 1 nitrogen and oxygen atoms in total. The molecule has 1 heteroatoms. The minimum absolute atomic E-state index is 0.105. The number of aliphatic hydroxyl groups excluding tert-OH is 1. The predicted octanol–water partition coefficient (Wildman–Crippen LogP) is 2.97. The van der Waals surface area contributed by atoms with E-state index in [1.165, 1.54) is 25.7 Å². The zero-order valence-corrected chi connectivity index (χ0v) is 8.14. The summed E-state index contributed by atoms with van der Waals surface area (Å²) < 4.78 is 0. The summed E-state index contributed by atoms with van der Waals surface area (Å²) in [7, 11) is 0. The summed E-state index contributed by atoms with van der Waals surface area (Å²) in [6, 6.07) is 0. The van der Waals surface area contributed by atoms with Gasteiger partial charge in [0, 0.05) is 0 Å². The lowest BCUT2D eigenvalue weighted by atomic mass is 10.0. The van der Waals surface area contributed by atoms with Gasteiger partial charge in [-0.25, -0.2) is 0 Å². The maximum absolute atomic E-state index is 8.97. The van der Waals surface area contributed by atoms with Gasteiger partial charge in [-0.2, -0.15) is 0 Å². The van der Waals surface area contributed by atoms with E-state index in [0.29, 0.717) is 0 Å². The quantitative estimate of drug-likeness (QED) is 0.589. The van der Waals surface area contributed by atoms with Gasteiger partial charge in [-0.3, -0.25) is 0 Å². The topological polar surface area (TPSA) is 20.2 Å². The Morgan fingerprint density at radius 2 is 1.64 bits per heavy atom. The van der Waals surface area contributed by atoms with E-state index in [1.54, 1.807) is 0 Å². The summed E-state index contributed by atoms with van der Waals surface area (Å²) in [4.78, 5) is 0. The Kier molecular flexibility index (Phi) is 6.63. The molecule has 68 valence electrons. The van der Waals surface area contributed by atoms with Crippen LogP contribution in [-0.4, -0.2) is 11.2 Å². The van der Waals surface area contributed by atoms with Gasteiger partial charge in [0.1, 0.15) is 0 Å². The highest BCUT2D eigenvalue weighted by Gasteiger charge is 1.99. The van der Waals surface area contributed by atoms with Crippen molar-refractivity contribution in [2.24, 2.45) is 5.92 Å². The summed E-state index contributed by atoms with van der Waals surface area (Å²) in [5.41, 5.74) is 0. The monoisotopic (exact) mass is 158 g/mol. The van der Waals surface area contributed by atoms with Crippen molar-refractivity contribution in [1.29, 1.82) is 0 Å². The van der Waals surface area contributed by atoms with E-state index in [9.17, 15) is 0 Å². The molecule has 0 saturated carbocycles. The predicted molar refractivity (Wildman–Crippen MR) is 49.6 cm³/mol. The zero-order valence-electron chi connectivity index (χ0n) is 8.14. The van der Waals surface area contributed by atoms with Gasteiger partial charge >= 0.3 is 0 Å². The normalized spacial score (nSPS) is 16.4. The van der Waals surface area contributed by atoms with Gasteiger partial charge in [0.15, 0.2) is 0 Å². The second-order valence-electron chi connectivity index (χ2n) is 3.65. The molecule has 0 unspecified atom stereocenters. The molecule has 0 saturated heterocycles. The average Bonchev–Trinajstić information content (AvgIpc) is 1.97. The average molecular weight is 158 g/mol. The lowest BCUT2D eigenvalue weighted by molar-refractivity contribution is 0.179. The lowest BCUT2D eigenvalue weighted by Gasteiger charge is -2.08. The van der Waals surface area contributed by atoms with Crippen molar-refractivity contribution in [3.8, 4) is 0 Å². The van der Waals surface area contributed by atoms with Gasteiger partial charge in [-0.1, -0.05) is 39.5 Å². The highest BCUT2D eigenvalue weighted by molar-refractivity contribution is 4.52. The maximum Gasteiger partial charge on any atom is 0.0512 e. The van der Waals surface area contributed by atoms with Gasteiger partial charge in [-0.15, -0.1) is 0 Å². The van der Waals surface area contributed by atoms with E-state index in [4.69, 9.17) is 5.11 Å². The maximum atomic E-state index is 8.97. The second kappa shape index (κ2) is 6.66. The third kappa shape index (κ3) is 7.86. The minimum Gasteiger partial charge on any atom is -0.393 e. The molecule has 1 N–H and O–H groups in total. The van der Waals surface area contributed by atoms with Gasteiger partial charge in [-0.05, 0) is 19.3 Å². The first-order valence-electron chi connectivity index (χ1n) is 4.84. The highest BCUT2D eigenvalue weighted by atomic mass is 16.3. The molecule has 0 aliphatic heterocycles. The van der Waals surface area contributed by atoms with Crippen LogP contribution in [0.4, 0.5) is 0 Å². The molecule has 0 aliphatic carbocycles. The molecule has 0 heterocycles. The molecule has 0 aromatic heterocycles. The van der Waals surface area contributed by atoms with Gasteiger partial charge in [0.25, 0.3) is 0 Å². The Labute approximate surface area is 70.8 Å². The van der Waals surface area contributed by atoms with E-state index >= 15 is 0 Å². The molecule has 0 radical (unpaired) electrons. The van der Waals surface area contributed by atoms with E-state index in [2.05, 4.69) is 13.8 Å². The number of hydrogen-bond donors (Lipinski definition) is 1. The van der Waals surface area contributed by atoms with Crippen molar-refractivity contribution < 1.29 is 5.11 Å². The molecule has 0 fully saturated rings. The van der Waals surface area contributed by atoms with Crippen molar-refractivity contribution in [2.75, 3.05) is 0 Å². The summed E-state index contributed by atoms with van der Waals surface area (Å²) in [6.45, 7) is 6.39. The Hall–Kier alpha value is -0.0400. The smallest absolute Gasteiger partial charge is 0.0512 e. The van der Waals surface area contributed by atoms with Crippen molar-refractivity contribution >= 4 is 0 Å². The van der Waals surface area contributed by atoms with Crippen LogP contribution in [0.5, 0.6) is 0 Å². The number of rotatable bonds is 6. The largest absolute Gasteiger partial charge is 0.393 e. The molecule has 0 spiro atoms. The van der Waals surface area contributed by atoms with Crippen LogP contribution in [-0.2, 0) is 0 Å². The molecular weight excluding hydrogens is 136 g/mol. The van der Waals surface area contributed by atoms with E-state index in [1.807, 2.05) is 6.92 Å². The Morgan fingerprint density at radius 3 is 2.09 bits per heavy atom. The summed E-state index contributed by atoms with van der Waals surface area (Å²) >= 11 is 0. The Bertz CT molecular complexity index is 78.9. The van der Waals surface area contributed by atoms with Crippen LogP contribution in [0.25, 0.3) is 0 Å². The first-order chi connectivity index (χ1) is 5.16. The Morgan fingerprint density at radius 1 is 1.09 bits per heavy atom. The van der Waals surface area contributed by atoms with E-state index < -0.39 is 0 Å². The third-order valence-corrected chi connectivity index (χ3v) is 2.27. The van der Waals surface area contributed by atoms with E-state index in [-0.39, 0.29) is 6.10 Å². The van der Waals surface area contributed by atoms with Gasteiger partial charge in [0.2, 0.25) is 0 Å². The number of aliphatic hydroxyl groups is 1. The first kappa shape index (κ1) is 11.0. The number of unbranched alkanes of at least 4 members (excludes halogenated alkanes) is 1. The van der Waals surface area contributed by atoms with Crippen LogP contribution >= 0.6 is 0 Å². The van der Waals surface area contributed by atoms with Crippen LogP contribution in [0.2, 0.25) is 0 Å². The molecule has 11 heavy (non-hydrogen) atoms. The van der Waals surface area contributed by atoms with Crippen LogP contribution in [0, 0.1) is 5.92 Å². The SMILES string of the molecule is CC[C@H](C)CCCC[C@@H](C)O. The number of hydrogen-bond acceptors (Lipinski definition) is 1. The molecule has 0 bridgehead atoms. The van der Waals surface area contributed by atoms with Gasteiger partial charge in [0.05, 0.1) is 6.10 Å². The molecule has 0 amide bonds. The summed E-state index contributed by atoms with van der Waals surface area (Å²) in [5.74, 6) is 0.865. The van der Waals surface area contributed by atoms with Crippen molar-refractivity contribution in [2.45, 2.75) is 59.0 Å². The zero-order chi connectivity index (χ0) is 8.69. The van der Waals surface area contributed by atoms with Crippen LogP contribution in [0.3, 0.4) is 0 Å². The van der Waals surface area contributed by atoms with Gasteiger partial charge < -0.3 is 5.11 Å². The summed E-state index contributed by atoms with van der Waals surface area (Å²) in [6.07, 6.45) is 5.93. The fraction of sp³-hybridized carbons (Fsp3) is 1.00. The highest BCUT2D eigenvalue weighted by Crippen LogP contribution is 2.12. The van der Waals surface area contributed by atoms with Crippen molar-refractivity contribution in [1.82, 2.24) is 0 Å². The molecule has 0 rings (SSSR count). The van der Waals surface area contributed by atoms with Crippen molar-refractivity contribution in [3.05, 3.63) is 0 Å². The van der Waals surface area contributed by atoms with E-state index in [0.717, 1.165) is 12.3 Å². The fourth-order valence-electron chi connectivity index (χ4n) is 1.14. The first-order valence-corrected chi connectivity index (χ1v) is 4.84. The lowest BCUT2D eigenvalue weighted by Crippen LogP contribution is -1.99. The van der Waals surface area contributed by atoms with Crippen molar-refractivity contribution in [3.63, 3.8) is 0 Å². The fourth-order valence-corrected chi connectivity index (χ4v) is 1.14. The minimum atomic E-state index is -0.105. The van der Waals surface area contributed by atoms with Crippen LogP contribution < -0.4 is 0 Å². The molecule has 2 atom stereocenters. The standard InChI is InChI=1S/C10H22O/c1-4-9(2)7-5-6-8-10(3)11/h9-11H,4-8H2,1-3H3/t9-,10+/m0/s1. The summed E-state index contributed by atoms with van der Waals surface area (Å²) in [5, 5.41) is 8.97. The molecular formula is C10H22O. The molecule has 0 aromatic carbocycles. The second-order valence-corrected chi connectivity index (χ2v) is 3.65. The molecule has 0 aliphatic rings. The van der Waals surface area contributed by atoms with Crippen LogP contribution in [0.1, 0.15) is 52.9 Å². The van der Waals surface area contributed by atoms with Crippen LogP contribution in [0.15, 0.2) is 0 Å².